The molecule has 2 N–H and O–H groups in total. The molecule has 0 saturated carbocycles. The van der Waals surface area contributed by atoms with Crippen molar-refractivity contribution in [2.45, 2.75) is 64.3 Å². The Balaban J connectivity index is 2.24. The minimum Gasteiger partial charge on any atom is -0.481 e. The number of carbonyl (C=O) groups excluding carboxylic acids is 2. The second-order valence-electron chi connectivity index (χ2n) is 6.12. The Bertz CT molecular complexity index is 509. The largest absolute Gasteiger partial charge is 0.481 e. The van der Waals surface area contributed by atoms with Crippen LogP contribution in [-0.2, 0) is 14.3 Å². The predicted molar refractivity (Wildman–Crippen MR) is 92.9 cm³/mol. The lowest BCUT2D eigenvalue weighted by atomic mass is 10.2. The molecule has 7 heteroatoms. The lowest BCUT2D eigenvalue weighted by molar-refractivity contribution is -0.137. The number of aliphatic carboxylic acids is 1. The SMILES string of the molecule is CCCCC(=O)NC(=O)OC[C@H]1CCCN1CC#CCCCC(=O)O. The first-order chi connectivity index (χ1) is 12.0. The zero-order valence-corrected chi connectivity index (χ0v) is 14.9. The predicted octanol–water partition coefficient (Wildman–Crippen LogP) is 2.15. The quantitative estimate of drug-likeness (QED) is 0.488. The van der Waals surface area contributed by atoms with Gasteiger partial charge >= 0.3 is 12.1 Å². The fourth-order valence-electron chi connectivity index (χ4n) is 2.59. The number of imide groups is 1. The molecule has 0 bridgehead atoms. The van der Waals surface area contributed by atoms with Gasteiger partial charge in [-0.25, -0.2) is 4.79 Å². The maximum atomic E-state index is 11.6. The number of ether oxygens (including phenoxy) is 1. The van der Waals surface area contributed by atoms with E-state index in [0.29, 0.717) is 25.8 Å². The molecule has 1 fully saturated rings. The van der Waals surface area contributed by atoms with E-state index >= 15 is 0 Å². The summed E-state index contributed by atoms with van der Waals surface area (Å²) in [5.41, 5.74) is 0. The Hall–Kier alpha value is -2.07. The molecule has 0 unspecified atom stereocenters. The molecule has 0 aromatic heterocycles. The summed E-state index contributed by atoms with van der Waals surface area (Å²) in [6.07, 6.45) is 4.51. The molecule has 0 spiro atoms. The van der Waals surface area contributed by atoms with Crippen LogP contribution in [0.5, 0.6) is 0 Å². The summed E-state index contributed by atoms with van der Waals surface area (Å²) in [4.78, 5) is 35.6. The fraction of sp³-hybridized carbons (Fsp3) is 0.722. The molecule has 1 aliphatic heterocycles. The monoisotopic (exact) mass is 352 g/mol. The molecule has 1 aliphatic rings. The van der Waals surface area contributed by atoms with Crippen molar-refractivity contribution in [3.63, 3.8) is 0 Å². The molecule has 1 heterocycles. The van der Waals surface area contributed by atoms with E-state index in [9.17, 15) is 14.4 Å². The number of hydrogen-bond donors (Lipinski definition) is 2. The van der Waals surface area contributed by atoms with Gasteiger partial charge in [-0.1, -0.05) is 19.3 Å². The van der Waals surface area contributed by atoms with Gasteiger partial charge in [0.15, 0.2) is 0 Å². The molecule has 0 aliphatic carbocycles. The van der Waals surface area contributed by atoms with Crippen LogP contribution in [0, 0.1) is 11.8 Å². The Morgan fingerprint density at radius 3 is 2.76 bits per heavy atom. The number of nitrogens with one attached hydrogen (secondary N) is 1. The number of unbranched alkanes of at least 4 members (excludes halogenated alkanes) is 2. The van der Waals surface area contributed by atoms with Crippen molar-refractivity contribution in [1.29, 1.82) is 0 Å². The first-order valence-corrected chi connectivity index (χ1v) is 8.91. The van der Waals surface area contributed by atoms with Crippen molar-refractivity contribution < 1.29 is 24.2 Å². The summed E-state index contributed by atoms with van der Waals surface area (Å²) >= 11 is 0. The summed E-state index contributed by atoms with van der Waals surface area (Å²) < 4.78 is 5.15. The number of carboxylic acid groups (broad SMARTS) is 1. The van der Waals surface area contributed by atoms with Crippen molar-refractivity contribution in [2.75, 3.05) is 19.7 Å². The number of nitrogens with zero attached hydrogens (tertiary/aromatic N) is 1. The summed E-state index contributed by atoms with van der Waals surface area (Å²) in [6.45, 7) is 3.70. The van der Waals surface area contributed by atoms with E-state index in [1.807, 2.05) is 6.92 Å². The van der Waals surface area contributed by atoms with Crippen LogP contribution >= 0.6 is 0 Å². The van der Waals surface area contributed by atoms with Crippen LogP contribution in [0.3, 0.4) is 0 Å². The number of alkyl carbamates (subject to hydrolysis) is 1. The van der Waals surface area contributed by atoms with Gasteiger partial charge in [0.25, 0.3) is 0 Å². The molecule has 140 valence electrons. The molecule has 0 aromatic rings. The minimum atomic E-state index is -0.801. The smallest absolute Gasteiger partial charge is 0.413 e. The van der Waals surface area contributed by atoms with Crippen molar-refractivity contribution in [3.05, 3.63) is 0 Å². The number of rotatable bonds is 9. The summed E-state index contributed by atoms with van der Waals surface area (Å²) in [6, 6.07) is 0.116. The van der Waals surface area contributed by atoms with Crippen LogP contribution < -0.4 is 5.32 Å². The average molecular weight is 352 g/mol. The van der Waals surface area contributed by atoms with Gasteiger partial charge in [-0.3, -0.25) is 19.8 Å². The third kappa shape index (κ3) is 9.72. The van der Waals surface area contributed by atoms with E-state index in [0.717, 1.165) is 32.2 Å². The Kier molecular flexibility index (Phi) is 10.3. The maximum absolute atomic E-state index is 11.6. The second-order valence-corrected chi connectivity index (χ2v) is 6.12. The topological polar surface area (TPSA) is 95.9 Å². The highest BCUT2D eigenvalue weighted by Crippen LogP contribution is 2.16. The number of amides is 2. The third-order valence-corrected chi connectivity index (χ3v) is 4.00. The molecule has 1 rings (SSSR count). The standard InChI is InChI=1S/C18H28N2O5/c1-2-3-10-16(21)19-18(24)25-14-15-9-8-13-20(15)12-7-5-4-6-11-17(22)23/h15H,2-4,6,8-14H2,1H3,(H,22,23)(H,19,21,24)/t15-/m1/s1. The van der Waals surface area contributed by atoms with E-state index in [1.54, 1.807) is 0 Å². The third-order valence-electron chi connectivity index (χ3n) is 4.00. The summed E-state index contributed by atoms with van der Waals surface area (Å²) in [5, 5.41) is 10.8. The Labute approximate surface area is 149 Å². The molecule has 7 nitrogen and oxygen atoms in total. The molecule has 0 aromatic carbocycles. The molecule has 25 heavy (non-hydrogen) atoms. The van der Waals surface area contributed by atoms with Crippen LogP contribution in [0.25, 0.3) is 0 Å². The van der Waals surface area contributed by atoms with E-state index in [1.165, 1.54) is 0 Å². The molecule has 1 saturated heterocycles. The van der Waals surface area contributed by atoms with Gasteiger partial charge in [0, 0.05) is 25.3 Å². The van der Waals surface area contributed by atoms with Crippen LogP contribution in [-0.4, -0.2) is 53.7 Å². The van der Waals surface area contributed by atoms with Gasteiger partial charge in [-0.2, -0.15) is 0 Å². The number of likely N-dealkylation sites (tertiary alicyclic amines) is 1. The second kappa shape index (κ2) is 12.3. The van der Waals surface area contributed by atoms with Gasteiger partial charge in [-0.15, -0.1) is 5.92 Å². The van der Waals surface area contributed by atoms with E-state index in [4.69, 9.17) is 9.84 Å². The van der Waals surface area contributed by atoms with Crippen molar-refractivity contribution in [3.8, 4) is 11.8 Å². The molecule has 0 radical (unpaired) electrons. The van der Waals surface area contributed by atoms with E-state index in [2.05, 4.69) is 22.1 Å². The van der Waals surface area contributed by atoms with Crippen molar-refractivity contribution in [1.82, 2.24) is 10.2 Å². The molecule has 1 atom stereocenters. The van der Waals surface area contributed by atoms with Crippen LogP contribution in [0.4, 0.5) is 4.79 Å². The number of carbonyl (C=O) groups is 3. The number of carboxylic acids is 1. The Morgan fingerprint density at radius 2 is 2.04 bits per heavy atom. The lowest BCUT2D eigenvalue weighted by Crippen LogP contribution is -2.37. The lowest BCUT2D eigenvalue weighted by Gasteiger charge is -2.21. The van der Waals surface area contributed by atoms with Crippen LogP contribution in [0.2, 0.25) is 0 Å². The highest BCUT2D eigenvalue weighted by molar-refractivity contribution is 5.91. The van der Waals surface area contributed by atoms with Crippen molar-refractivity contribution >= 4 is 18.0 Å². The fourth-order valence-corrected chi connectivity index (χ4v) is 2.59. The van der Waals surface area contributed by atoms with Crippen molar-refractivity contribution in [2.24, 2.45) is 0 Å². The van der Waals surface area contributed by atoms with Gasteiger partial charge in [0.2, 0.25) is 5.91 Å². The highest BCUT2D eigenvalue weighted by Gasteiger charge is 2.25. The maximum Gasteiger partial charge on any atom is 0.413 e. The summed E-state index contributed by atoms with van der Waals surface area (Å²) in [5.74, 6) is 4.92. The number of hydrogen-bond acceptors (Lipinski definition) is 5. The van der Waals surface area contributed by atoms with E-state index in [-0.39, 0.29) is 25.0 Å². The normalized spacial score (nSPS) is 16.8. The molecular formula is C18H28N2O5. The highest BCUT2D eigenvalue weighted by atomic mass is 16.5. The zero-order valence-electron chi connectivity index (χ0n) is 14.9. The van der Waals surface area contributed by atoms with Gasteiger partial charge in [-0.05, 0) is 32.2 Å². The first-order valence-electron chi connectivity index (χ1n) is 8.91. The van der Waals surface area contributed by atoms with Crippen LogP contribution in [0.1, 0.15) is 58.3 Å². The van der Waals surface area contributed by atoms with E-state index < -0.39 is 12.1 Å². The van der Waals surface area contributed by atoms with Gasteiger partial charge in [0.05, 0.1) is 6.54 Å². The molecular weight excluding hydrogens is 324 g/mol. The zero-order chi connectivity index (χ0) is 18.5. The summed E-state index contributed by atoms with van der Waals surface area (Å²) in [7, 11) is 0. The average Bonchev–Trinajstić information content (AvgIpc) is 3.01. The van der Waals surface area contributed by atoms with Gasteiger partial charge < -0.3 is 9.84 Å². The van der Waals surface area contributed by atoms with Gasteiger partial charge in [0.1, 0.15) is 6.61 Å². The van der Waals surface area contributed by atoms with Crippen LogP contribution in [0.15, 0.2) is 0 Å². The Morgan fingerprint density at radius 1 is 1.24 bits per heavy atom. The first kappa shape index (κ1) is 21.0. The minimum absolute atomic E-state index is 0.116. The molecule has 2 amide bonds.